The minimum atomic E-state index is -0.382. The van der Waals surface area contributed by atoms with Crippen molar-refractivity contribution in [2.45, 2.75) is 13.3 Å². The Morgan fingerprint density at radius 3 is 2.28 bits per heavy atom. The molecule has 2 rings (SSSR count). The van der Waals surface area contributed by atoms with Gasteiger partial charge in [-0.05, 0) is 55.5 Å². The zero-order valence-electron chi connectivity index (χ0n) is 13.9. The van der Waals surface area contributed by atoms with Crippen LogP contribution in [0.25, 0.3) is 0 Å². The largest absolute Gasteiger partial charge is 0.462 e. The quantitative estimate of drug-likeness (QED) is 0.757. The molecule has 128 valence electrons. The molecular weight excluding hydrogens is 318 g/mol. The summed E-state index contributed by atoms with van der Waals surface area (Å²) < 4.78 is 4.91. The summed E-state index contributed by atoms with van der Waals surface area (Å²) >= 11 is 0. The lowest BCUT2D eigenvalue weighted by atomic mass is 10.2. The monoisotopic (exact) mass is 337 g/mol. The van der Waals surface area contributed by atoms with Crippen LogP contribution in [0, 0.1) is 11.3 Å². The van der Waals surface area contributed by atoms with Crippen molar-refractivity contribution >= 4 is 23.3 Å². The highest BCUT2D eigenvalue weighted by atomic mass is 16.5. The maximum Gasteiger partial charge on any atom is 0.338 e. The summed E-state index contributed by atoms with van der Waals surface area (Å²) in [7, 11) is 0. The van der Waals surface area contributed by atoms with E-state index in [4.69, 9.17) is 10.00 Å². The van der Waals surface area contributed by atoms with Crippen LogP contribution in [0.15, 0.2) is 48.5 Å². The van der Waals surface area contributed by atoms with Crippen molar-refractivity contribution < 1.29 is 14.3 Å². The van der Waals surface area contributed by atoms with Crippen LogP contribution in [0.2, 0.25) is 0 Å². The number of hydrogen-bond donors (Lipinski definition) is 2. The number of nitrogens with zero attached hydrogens (tertiary/aromatic N) is 1. The standard InChI is InChI=1S/C19H19N3O3/c1-2-25-19(24)15-5-9-17(10-6-15)22-18(23)11-12-21-16-7-3-14(13-20)4-8-16/h3-10,21H,2,11-12H2,1H3,(H,22,23). The molecule has 0 heterocycles. The van der Waals surface area contributed by atoms with Crippen molar-refractivity contribution in [2.75, 3.05) is 23.8 Å². The molecule has 1 amide bonds. The van der Waals surface area contributed by atoms with Crippen molar-refractivity contribution in [1.82, 2.24) is 0 Å². The van der Waals surface area contributed by atoms with Crippen LogP contribution in [-0.4, -0.2) is 25.0 Å². The van der Waals surface area contributed by atoms with Gasteiger partial charge in [-0.3, -0.25) is 4.79 Å². The van der Waals surface area contributed by atoms with Crippen LogP contribution in [0.5, 0.6) is 0 Å². The lowest BCUT2D eigenvalue weighted by molar-refractivity contribution is -0.115. The van der Waals surface area contributed by atoms with Gasteiger partial charge in [0.15, 0.2) is 0 Å². The van der Waals surface area contributed by atoms with Crippen LogP contribution in [0.4, 0.5) is 11.4 Å². The second-order valence-electron chi connectivity index (χ2n) is 5.21. The molecule has 2 N–H and O–H groups in total. The third-order valence-corrected chi connectivity index (χ3v) is 3.37. The summed E-state index contributed by atoms with van der Waals surface area (Å²) in [5, 5.41) is 14.6. The molecule has 0 spiro atoms. The Labute approximate surface area is 146 Å². The topological polar surface area (TPSA) is 91.2 Å². The zero-order chi connectivity index (χ0) is 18.1. The van der Waals surface area contributed by atoms with Gasteiger partial charge in [0.1, 0.15) is 0 Å². The molecule has 0 aliphatic heterocycles. The van der Waals surface area contributed by atoms with Gasteiger partial charge in [0.25, 0.3) is 0 Å². The summed E-state index contributed by atoms with van der Waals surface area (Å²) in [5.74, 6) is -0.517. The van der Waals surface area contributed by atoms with E-state index in [0.717, 1.165) is 5.69 Å². The Morgan fingerprint density at radius 2 is 1.68 bits per heavy atom. The molecule has 6 nitrogen and oxygen atoms in total. The van der Waals surface area contributed by atoms with Crippen LogP contribution in [0.1, 0.15) is 29.3 Å². The third-order valence-electron chi connectivity index (χ3n) is 3.37. The number of nitrogens with one attached hydrogen (secondary N) is 2. The van der Waals surface area contributed by atoms with Crippen molar-refractivity contribution in [2.24, 2.45) is 0 Å². The van der Waals surface area contributed by atoms with Gasteiger partial charge in [-0.25, -0.2) is 4.79 Å². The van der Waals surface area contributed by atoms with Crippen molar-refractivity contribution in [1.29, 1.82) is 5.26 Å². The highest BCUT2D eigenvalue weighted by Crippen LogP contribution is 2.12. The van der Waals surface area contributed by atoms with Gasteiger partial charge in [-0.2, -0.15) is 5.26 Å². The number of rotatable bonds is 7. The van der Waals surface area contributed by atoms with Gasteiger partial charge in [-0.15, -0.1) is 0 Å². The summed E-state index contributed by atoms with van der Waals surface area (Å²) in [6.45, 7) is 2.54. The molecule has 0 atom stereocenters. The smallest absolute Gasteiger partial charge is 0.338 e. The minimum Gasteiger partial charge on any atom is -0.462 e. The number of esters is 1. The number of carbonyl (C=O) groups excluding carboxylic acids is 2. The van der Waals surface area contributed by atoms with E-state index in [0.29, 0.717) is 36.4 Å². The molecule has 2 aromatic carbocycles. The second-order valence-corrected chi connectivity index (χ2v) is 5.21. The molecule has 0 saturated carbocycles. The van der Waals surface area contributed by atoms with Gasteiger partial charge >= 0.3 is 5.97 Å². The Bertz CT molecular complexity index is 762. The zero-order valence-corrected chi connectivity index (χ0v) is 13.9. The average molecular weight is 337 g/mol. The number of nitriles is 1. The van der Waals surface area contributed by atoms with Gasteiger partial charge in [0, 0.05) is 24.3 Å². The highest BCUT2D eigenvalue weighted by Gasteiger charge is 2.07. The van der Waals surface area contributed by atoms with Crippen LogP contribution in [-0.2, 0) is 9.53 Å². The number of anilines is 2. The summed E-state index contributed by atoms with van der Waals surface area (Å²) in [4.78, 5) is 23.5. The lowest BCUT2D eigenvalue weighted by Gasteiger charge is -2.08. The molecule has 0 unspecified atom stereocenters. The van der Waals surface area contributed by atoms with Crippen LogP contribution >= 0.6 is 0 Å². The third kappa shape index (κ3) is 5.66. The summed E-state index contributed by atoms with van der Waals surface area (Å²) in [6.07, 6.45) is 0.291. The molecule has 0 radical (unpaired) electrons. The molecule has 0 aromatic heterocycles. The van der Waals surface area contributed by atoms with Crippen molar-refractivity contribution in [3.05, 3.63) is 59.7 Å². The lowest BCUT2D eigenvalue weighted by Crippen LogP contribution is -2.16. The number of hydrogen-bond acceptors (Lipinski definition) is 5. The molecule has 0 fully saturated rings. The first-order chi connectivity index (χ1) is 12.1. The Balaban J connectivity index is 1.77. The van der Waals surface area contributed by atoms with Crippen molar-refractivity contribution in [3.8, 4) is 6.07 Å². The fraction of sp³-hybridized carbons (Fsp3) is 0.211. The first kappa shape index (κ1) is 18.0. The van der Waals surface area contributed by atoms with Gasteiger partial charge in [0.05, 0.1) is 23.8 Å². The summed E-state index contributed by atoms with van der Waals surface area (Å²) in [6, 6.07) is 15.6. The molecule has 2 aromatic rings. The first-order valence-electron chi connectivity index (χ1n) is 7.93. The predicted octanol–water partition coefficient (Wildman–Crippen LogP) is 3.18. The molecule has 0 aliphatic carbocycles. The number of carbonyl (C=O) groups is 2. The van der Waals surface area contributed by atoms with E-state index < -0.39 is 0 Å². The van der Waals surface area contributed by atoms with Gasteiger partial charge < -0.3 is 15.4 Å². The molecule has 0 saturated heterocycles. The van der Waals surface area contributed by atoms with E-state index >= 15 is 0 Å². The Hall–Kier alpha value is -3.33. The second kappa shape index (κ2) is 9.08. The maximum absolute atomic E-state index is 11.9. The maximum atomic E-state index is 11.9. The van der Waals surface area contributed by atoms with E-state index in [9.17, 15) is 9.59 Å². The molecular formula is C19H19N3O3. The van der Waals surface area contributed by atoms with E-state index in [1.807, 2.05) is 0 Å². The van der Waals surface area contributed by atoms with Crippen LogP contribution in [0.3, 0.4) is 0 Å². The molecule has 6 heteroatoms. The predicted molar refractivity (Wildman–Crippen MR) is 95.3 cm³/mol. The molecule has 0 bridgehead atoms. The molecule has 0 aliphatic rings. The molecule has 25 heavy (non-hydrogen) atoms. The Morgan fingerprint density at radius 1 is 1.04 bits per heavy atom. The normalized spacial score (nSPS) is 9.76. The number of benzene rings is 2. The highest BCUT2D eigenvalue weighted by molar-refractivity contribution is 5.93. The fourth-order valence-electron chi connectivity index (χ4n) is 2.11. The average Bonchev–Trinajstić information content (AvgIpc) is 2.63. The van der Waals surface area contributed by atoms with Crippen molar-refractivity contribution in [3.63, 3.8) is 0 Å². The summed E-state index contributed by atoms with van der Waals surface area (Å²) in [5.41, 5.74) is 2.51. The minimum absolute atomic E-state index is 0.134. The Kier molecular flexibility index (Phi) is 6.55. The van der Waals surface area contributed by atoms with E-state index in [1.54, 1.807) is 55.5 Å². The first-order valence-corrected chi connectivity index (χ1v) is 7.93. The van der Waals surface area contributed by atoms with Crippen LogP contribution < -0.4 is 10.6 Å². The van der Waals surface area contributed by atoms with E-state index in [1.165, 1.54) is 0 Å². The van der Waals surface area contributed by atoms with E-state index in [-0.39, 0.29) is 11.9 Å². The fourth-order valence-corrected chi connectivity index (χ4v) is 2.11. The number of amides is 1. The van der Waals surface area contributed by atoms with Gasteiger partial charge in [-0.1, -0.05) is 0 Å². The number of ether oxygens (including phenoxy) is 1. The SMILES string of the molecule is CCOC(=O)c1ccc(NC(=O)CCNc2ccc(C#N)cc2)cc1. The van der Waals surface area contributed by atoms with E-state index in [2.05, 4.69) is 16.7 Å². The van der Waals surface area contributed by atoms with Gasteiger partial charge in [0.2, 0.25) is 5.91 Å².